The van der Waals surface area contributed by atoms with Crippen LogP contribution in [-0.2, 0) is 17.8 Å². The number of ether oxygens (including phenoxy) is 2. The first kappa shape index (κ1) is 18.9. The topological polar surface area (TPSA) is 38.8 Å². The van der Waals surface area contributed by atoms with Crippen LogP contribution < -0.4 is 9.47 Å². The summed E-state index contributed by atoms with van der Waals surface area (Å²) in [6.45, 7) is 1.20. The second kappa shape index (κ2) is 8.18. The van der Waals surface area contributed by atoms with Gasteiger partial charge in [0.05, 0.1) is 25.0 Å². The van der Waals surface area contributed by atoms with Crippen molar-refractivity contribution in [1.82, 2.24) is 4.90 Å². The van der Waals surface area contributed by atoms with Crippen molar-refractivity contribution in [2.24, 2.45) is 0 Å². The first-order valence-electron chi connectivity index (χ1n) is 8.11. The largest absolute Gasteiger partial charge is 0.493 e. The molecular formula is C19H19ClFNO3S. The molecule has 1 aliphatic rings. The molecule has 0 atom stereocenters. The summed E-state index contributed by atoms with van der Waals surface area (Å²) in [7, 11) is 3.21. The lowest BCUT2D eigenvalue weighted by Crippen LogP contribution is -2.37. The van der Waals surface area contributed by atoms with Gasteiger partial charge in [-0.1, -0.05) is 11.6 Å². The van der Waals surface area contributed by atoms with E-state index in [2.05, 4.69) is 0 Å². The molecule has 3 rings (SSSR count). The van der Waals surface area contributed by atoms with Gasteiger partial charge < -0.3 is 14.4 Å². The van der Waals surface area contributed by atoms with E-state index in [-0.39, 0.29) is 16.7 Å². The number of fused-ring (bicyclic) bond motifs is 1. The van der Waals surface area contributed by atoms with Gasteiger partial charge >= 0.3 is 0 Å². The molecule has 0 saturated carbocycles. The van der Waals surface area contributed by atoms with E-state index in [4.69, 9.17) is 21.1 Å². The summed E-state index contributed by atoms with van der Waals surface area (Å²) >= 11 is 7.13. The second-order valence-corrected chi connectivity index (χ2v) is 7.36. The van der Waals surface area contributed by atoms with Crippen LogP contribution in [-0.4, -0.2) is 37.3 Å². The van der Waals surface area contributed by atoms with Crippen LogP contribution in [0.25, 0.3) is 0 Å². The minimum Gasteiger partial charge on any atom is -0.493 e. The molecule has 0 aromatic heterocycles. The van der Waals surface area contributed by atoms with Crippen molar-refractivity contribution in [1.29, 1.82) is 0 Å². The quantitative estimate of drug-likeness (QED) is 0.712. The highest BCUT2D eigenvalue weighted by atomic mass is 35.5. The first-order valence-corrected chi connectivity index (χ1v) is 9.47. The number of halogens is 2. The summed E-state index contributed by atoms with van der Waals surface area (Å²) in [6, 6.07) is 8.39. The number of rotatable bonds is 5. The molecule has 0 bridgehead atoms. The molecule has 0 N–H and O–H groups in total. The molecule has 0 radical (unpaired) electrons. The summed E-state index contributed by atoms with van der Waals surface area (Å²) in [5.74, 6) is 1.23. The summed E-state index contributed by atoms with van der Waals surface area (Å²) in [4.78, 5) is 15.2. The predicted molar refractivity (Wildman–Crippen MR) is 101 cm³/mol. The minimum absolute atomic E-state index is 0.0379. The number of carbonyl (C=O) groups is 1. The molecular weight excluding hydrogens is 377 g/mol. The van der Waals surface area contributed by atoms with E-state index in [1.165, 1.54) is 29.5 Å². The van der Waals surface area contributed by atoms with Crippen LogP contribution in [0.5, 0.6) is 11.5 Å². The number of thioether (sulfide) groups is 1. The molecule has 4 nitrogen and oxygen atoms in total. The highest BCUT2D eigenvalue weighted by Crippen LogP contribution is 2.33. The van der Waals surface area contributed by atoms with E-state index >= 15 is 0 Å². The van der Waals surface area contributed by atoms with E-state index in [1.54, 1.807) is 20.3 Å². The van der Waals surface area contributed by atoms with E-state index in [0.29, 0.717) is 24.6 Å². The maximum absolute atomic E-state index is 13.2. The maximum Gasteiger partial charge on any atom is 0.233 e. The highest BCUT2D eigenvalue weighted by molar-refractivity contribution is 8.00. The average molecular weight is 396 g/mol. The second-order valence-electron chi connectivity index (χ2n) is 5.91. The van der Waals surface area contributed by atoms with Crippen LogP contribution in [0.3, 0.4) is 0 Å². The van der Waals surface area contributed by atoms with Gasteiger partial charge in [-0.2, -0.15) is 0 Å². The van der Waals surface area contributed by atoms with Gasteiger partial charge in [-0.25, -0.2) is 4.39 Å². The van der Waals surface area contributed by atoms with E-state index in [9.17, 15) is 9.18 Å². The van der Waals surface area contributed by atoms with Gasteiger partial charge in [-0.3, -0.25) is 4.79 Å². The molecule has 1 heterocycles. The fraction of sp³-hybridized carbons (Fsp3) is 0.316. The van der Waals surface area contributed by atoms with Gasteiger partial charge in [0.1, 0.15) is 5.82 Å². The Kier molecular flexibility index (Phi) is 5.94. The van der Waals surface area contributed by atoms with Crippen molar-refractivity contribution < 1.29 is 18.7 Å². The average Bonchev–Trinajstić information content (AvgIpc) is 2.66. The van der Waals surface area contributed by atoms with E-state index < -0.39 is 5.82 Å². The number of nitrogens with zero attached hydrogens (tertiary/aromatic N) is 1. The van der Waals surface area contributed by atoms with Crippen molar-refractivity contribution in [2.75, 3.05) is 26.5 Å². The summed E-state index contributed by atoms with van der Waals surface area (Å²) < 4.78 is 23.9. The predicted octanol–water partition coefficient (Wildman–Crippen LogP) is 4.17. The summed E-state index contributed by atoms with van der Waals surface area (Å²) in [6.07, 6.45) is 0.772. The molecule has 2 aromatic rings. The Morgan fingerprint density at radius 2 is 1.88 bits per heavy atom. The third-order valence-electron chi connectivity index (χ3n) is 4.32. The normalized spacial score (nSPS) is 13.3. The third kappa shape index (κ3) is 4.07. The monoisotopic (exact) mass is 395 g/mol. The Balaban J connectivity index is 1.66. The van der Waals surface area contributed by atoms with Crippen LogP contribution >= 0.6 is 23.4 Å². The van der Waals surface area contributed by atoms with Gasteiger partial charge in [-0.15, -0.1) is 11.8 Å². The zero-order chi connectivity index (χ0) is 18.7. The number of amides is 1. The maximum atomic E-state index is 13.2. The molecule has 2 aromatic carbocycles. The lowest BCUT2D eigenvalue weighted by Gasteiger charge is -2.29. The Labute approximate surface area is 161 Å². The standard InChI is InChI=1S/C19H19ClFNO3S/c1-24-17-7-12-5-6-22(10-13(12)8-18(17)25-2)19(23)11-26-14-3-4-16(21)15(20)9-14/h3-4,7-9H,5-6,10-11H2,1-2H3. The molecule has 138 valence electrons. The van der Waals surface area contributed by atoms with E-state index in [0.717, 1.165) is 16.9 Å². The lowest BCUT2D eigenvalue weighted by atomic mass is 9.99. The molecule has 26 heavy (non-hydrogen) atoms. The molecule has 0 fully saturated rings. The van der Waals surface area contributed by atoms with Crippen molar-refractivity contribution >= 4 is 29.3 Å². The van der Waals surface area contributed by atoms with Crippen molar-refractivity contribution in [3.05, 3.63) is 52.3 Å². The van der Waals surface area contributed by atoms with Crippen molar-refractivity contribution in [3.63, 3.8) is 0 Å². The fourth-order valence-electron chi connectivity index (χ4n) is 2.90. The summed E-state index contributed by atoms with van der Waals surface area (Å²) in [5, 5.41) is 0.0652. The number of hydrogen-bond donors (Lipinski definition) is 0. The van der Waals surface area contributed by atoms with Crippen molar-refractivity contribution in [3.8, 4) is 11.5 Å². The molecule has 0 unspecified atom stereocenters. The van der Waals surface area contributed by atoms with Gasteiger partial charge in [-0.05, 0) is 47.9 Å². The number of benzene rings is 2. The Morgan fingerprint density at radius 3 is 2.54 bits per heavy atom. The molecule has 1 aliphatic heterocycles. The zero-order valence-corrected chi connectivity index (χ0v) is 16.1. The Morgan fingerprint density at radius 1 is 1.19 bits per heavy atom. The zero-order valence-electron chi connectivity index (χ0n) is 14.6. The molecule has 0 spiro atoms. The number of carbonyl (C=O) groups excluding carboxylic acids is 1. The van der Waals surface area contributed by atoms with Crippen LogP contribution in [0, 0.1) is 5.82 Å². The minimum atomic E-state index is -0.459. The smallest absolute Gasteiger partial charge is 0.233 e. The molecule has 0 saturated heterocycles. The summed E-state index contributed by atoms with van der Waals surface area (Å²) in [5.41, 5.74) is 2.24. The molecule has 0 aliphatic carbocycles. The lowest BCUT2D eigenvalue weighted by molar-refractivity contribution is -0.129. The van der Waals surface area contributed by atoms with E-state index in [1.807, 2.05) is 17.0 Å². The molecule has 1 amide bonds. The number of hydrogen-bond acceptors (Lipinski definition) is 4. The third-order valence-corrected chi connectivity index (χ3v) is 5.59. The highest BCUT2D eigenvalue weighted by Gasteiger charge is 2.23. The van der Waals surface area contributed by atoms with Crippen LogP contribution in [0.4, 0.5) is 4.39 Å². The Bertz CT molecular complexity index is 831. The Hall–Kier alpha value is -1.92. The van der Waals surface area contributed by atoms with Gasteiger partial charge in [0.2, 0.25) is 5.91 Å². The van der Waals surface area contributed by atoms with Crippen LogP contribution in [0.2, 0.25) is 5.02 Å². The van der Waals surface area contributed by atoms with Gasteiger partial charge in [0.25, 0.3) is 0 Å². The molecule has 7 heteroatoms. The van der Waals surface area contributed by atoms with Gasteiger partial charge in [0.15, 0.2) is 11.5 Å². The number of methoxy groups -OCH3 is 2. The fourth-order valence-corrected chi connectivity index (χ4v) is 3.98. The SMILES string of the molecule is COc1cc2c(cc1OC)CN(C(=O)CSc1ccc(F)c(Cl)c1)CC2. The van der Waals surface area contributed by atoms with Crippen LogP contribution in [0.1, 0.15) is 11.1 Å². The van der Waals surface area contributed by atoms with Gasteiger partial charge in [0, 0.05) is 18.0 Å². The van der Waals surface area contributed by atoms with Crippen molar-refractivity contribution in [2.45, 2.75) is 17.9 Å². The first-order chi connectivity index (χ1) is 12.5. The van der Waals surface area contributed by atoms with Crippen LogP contribution in [0.15, 0.2) is 35.2 Å².